The Balaban J connectivity index is 0.00000420. The molecule has 0 aliphatic heterocycles. The third-order valence-electron chi connectivity index (χ3n) is 4.67. The number of carbonyl (C=O) groups excluding carboxylic acids is 1. The van der Waals surface area contributed by atoms with E-state index in [0.29, 0.717) is 6.54 Å². The van der Waals surface area contributed by atoms with Crippen molar-refractivity contribution in [2.75, 3.05) is 32.8 Å². The SMILES string of the molecule is CCN(CC)CCNCc1c(OCC(=O)NC(C)(C)C)ccc2ccccc12.Cl.Cl. The first kappa shape index (κ1) is 28.5. The van der Waals surface area contributed by atoms with Gasteiger partial charge in [-0.2, -0.15) is 0 Å². The number of fused-ring (bicyclic) bond motifs is 1. The molecule has 0 saturated heterocycles. The molecule has 0 aromatic heterocycles. The Morgan fingerprint density at radius 2 is 1.70 bits per heavy atom. The van der Waals surface area contributed by atoms with E-state index >= 15 is 0 Å². The van der Waals surface area contributed by atoms with Gasteiger partial charge in [0.25, 0.3) is 5.91 Å². The molecule has 5 nitrogen and oxygen atoms in total. The second-order valence-electron chi connectivity index (χ2n) is 8.05. The summed E-state index contributed by atoms with van der Waals surface area (Å²) in [6.07, 6.45) is 0. The summed E-state index contributed by atoms with van der Waals surface area (Å²) in [5, 5.41) is 8.81. The second-order valence-corrected chi connectivity index (χ2v) is 8.05. The summed E-state index contributed by atoms with van der Waals surface area (Å²) < 4.78 is 5.91. The molecule has 0 unspecified atom stereocenters. The highest BCUT2D eigenvalue weighted by molar-refractivity contribution is 5.88. The molecule has 0 aliphatic carbocycles. The largest absolute Gasteiger partial charge is 0.483 e. The number of benzene rings is 2. The molecule has 0 saturated carbocycles. The molecule has 2 aromatic carbocycles. The number of carbonyl (C=O) groups is 1. The number of amides is 1. The van der Waals surface area contributed by atoms with Crippen LogP contribution in [0.1, 0.15) is 40.2 Å². The van der Waals surface area contributed by atoms with Crippen LogP contribution in [0.4, 0.5) is 0 Å². The lowest BCUT2D eigenvalue weighted by atomic mass is 10.0. The fraction of sp³-hybridized carbons (Fsp3) is 0.522. The molecule has 7 heteroatoms. The number of rotatable bonds is 10. The van der Waals surface area contributed by atoms with Crippen molar-refractivity contribution in [3.63, 3.8) is 0 Å². The van der Waals surface area contributed by atoms with Crippen LogP contribution in [0, 0.1) is 0 Å². The summed E-state index contributed by atoms with van der Waals surface area (Å²) in [6.45, 7) is 15.0. The molecule has 2 aromatic rings. The standard InChI is InChI=1S/C23H35N3O2.2ClH/c1-6-26(7-2)15-14-24-16-20-19-11-9-8-10-18(19)12-13-21(20)28-17-22(27)25-23(3,4)5;;/h8-13,24H,6-7,14-17H2,1-5H3,(H,25,27);2*1H. The van der Waals surface area contributed by atoms with E-state index in [2.05, 4.69) is 41.5 Å². The van der Waals surface area contributed by atoms with Crippen LogP contribution in [0.15, 0.2) is 36.4 Å². The number of hydrogen-bond acceptors (Lipinski definition) is 4. The van der Waals surface area contributed by atoms with Crippen molar-refractivity contribution in [1.82, 2.24) is 15.5 Å². The molecular weight excluding hydrogens is 421 g/mol. The van der Waals surface area contributed by atoms with Crippen molar-refractivity contribution in [2.45, 2.75) is 46.7 Å². The molecule has 0 aliphatic rings. The highest BCUT2D eigenvalue weighted by Gasteiger charge is 2.15. The summed E-state index contributed by atoms with van der Waals surface area (Å²) in [4.78, 5) is 14.5. The molecule has 0 spiro atoms. The third-order valence-corrected chi connectivity index (χ3v) is 4.67. The van der Waals surface area contributed by atoms with Crippen LogP contribution in [0.2, 0.25) is 0 Å². The first-order chi connectivity index (χ1) is 13.3. The Labute approximate surface area is 193 Å². The van der Waals surface area contributed by atoms with E-state index in [0.717, 1.165) is 42.9 Å². The summed E-state index contributed by atoms with van der Waals surface area (Å²) in [6, 6.07) is 12.3. The summed E-state index contributed by atoms with van der Waals surface area (Å²) >= 11 is 0. The first-order valence-corrected chi connectivity index (χ1v) is 10.2. The highest BCUT2D eigenvalue weighted by Crippen LogP contribution is 2.28. The van der Waals surface area contributed by atoms with Gasteiger partial charge in [0.05, 0.1) is 0 Å². The van der Waals surface area contributed by atoms with Gasteiger partial charge in [-0.05, 0) is 50.7 Å². The lowest BCUT2D eigenvalue weighted by Crippen LogP contribution is -2.43. The Kier molecular flexibility index (Phi) is 13.0. The number of nitrogens with one attached hydrogen (secondary N) is 2. The van der Waals surface area contributed by atoms with E-state index < -0.39 is 0 Å². The van der Waals surface area contributed by atoms with E-state index in [1.807, 2.05) is 45.0 Å². The number of likely N-dealkylation sites (N-methyl/N-ethyl adjacent to an activating group) is 1. The maximum absolute atomic E-state index is 12.2. The van der Waals surface area contributed by atoms with Crippen LogP contribution >= 0.6 is 24.8 Å². The van der Waals surface area contributed by atoms with Crippen molar-refractivity contribution in [1.29, 1.82) is 0 Å². The first-order valence-electron chi connectivity index (χ1n) is 10.2. The molecule has 0 fully saturated rings. The van der Waals surface area contributed by atoms with Crippen LogP contribution < -0.4 is 15.4 Å². The van der Waals surface area contributed by atoms with Crippen LogP contribution in [0.3, 0.4) is 0 Å². The van der Waals surface area contributed by atoms with Gasteiger partial charge in [0.1, 0.15) is 5.75 Å². The number of nitrogens with zero attached hydrogens (tertiary/aromatic N) is 1. The lowest BCUT2D eigenvalue weighted by Gasteiger charge is -2.21. The monoisotopic (exact) mass is 457 g/mol. The van der Waals surface area contributed by atoms with Crippen molar-refractivity contribution >= 4 is 41.5 Å². The van der Waals surface area contributed by atoms with Gasteiger partial charge in [0.15, 0.2) is 6.61 Å². The van der Waals surface area contributed by atoms with Crippen molar-refractivity contribution in [3.8, 4) is 5.75 Å². The zero-order valence-electron chi connectivity index (χ0n) is 18.8. The van der Waals surface area contributed by atoms with Crippen molar-refractivity contribution < 1.29 is 9.53 Å². The van der Waals surface area contributed by atoms with E-state index in [1.165, 1.54) is 5.39 Å². The fourth-order valence-electron chi connectivity index (χ4n) is 3.22. The Morgan fingerprint density at radius 3 is 2.33 bits per heavy atom. The molecule has 0 heterocycles. The lowest BCUT2D eigenvalue weighted by molar-refractivity contribution is -0.124. The van der Waals surface area contributed by atoms with Gasteiger partial charge in [-0.3, -0.25) is 4.79 Å². The number of ether oxygens (including phenoxy) is 1. The normalized spacial score (nSPS) is 11.0. The van der Waals surface area contributed by atoms with E-state index in [4.69, 9.17) is 4.74 Å². The van der Waals surface area contributed by atoms with Crippen LogP contribution in [0.5, 0.6) is 5.75 Å². The maximum Gasteiger partial charge on any atom is 0.258 e. The molecule has 1 amide bonds. The van der Waals surface area contributed by atoms with Crippen LogP contribution in [-0.2, 0) is 11.3 Å². The van der Waals surface area contributed by atoms with Crippen molar-refractivity contribution in [3.05, 3.63) is 42.0 Å². The summed E-state index contributed by atoms with van der Waals surface area (Å²) in [5.74, 6) is 0.652. The molecule has 170 valence electrons. The zero-order chi connectivity index (χ0) is 20.6. The predicted molar refractivity (Wildman–Crippen MR) is 131 cm³/mol. The van der Waals surface area contributed by atoms with Crippen molar-refractivity contribution in [2.24, 2.45) is 0 Å². The topological polar surface area (TPSA) is 53.6 Å². The summed E-state index contributed by atoms with van der Waals surface area (Å²) in [5.41, 5.74) is 0.833. The molecule has 0 bridgehead atoms. The van der Waals surface area contributed by atoms with Crippen LogP contribution in [-0.4, -0.2) is 49.1 Å². The zero-order valence-corrected chi connectivity index (χ0v) is 20.4. The van der Waals surface area contributed by atoms with Gasteiger partial charge < -0.3 is 20.3 Å². The minimum atomic E-state index is -0.265. The molecule has 0 radical (unpaired) electrons. The minimum Gasteiger partial charge on any atom is -0.483 e. The molecule has 2 rings (SSSR count). The minimum absolute atomic E-state index is 0. The molecule has 2 N–H and O–H groups in total. The predicted octanol–water partition coefficient (Wildman–Crippen LogP) is 4.41. The van der Waals surface area contributed by atoms with Gasteiger partial charge >= 0.3 is 0 Å². The summed E-state index contributed by atoms with van der Waals surface area (Å²) in [7, 11) is 0. The molecule has 0 atom stereocenters. The third kappa shape index (κ3) is 9.09. The average Bonchev–Trinajstić information content (AvgIpc) is 2.65. The van der Waals surface area contributed by atoms with Gasteiger partial charge in [-0.1, -0.05) is 44.2 Å². The molecular formula is C23H37Cl2N3O2. The maximum atomic E-state index is 12.2. The quantitative estimate of drug-likeness (QED) is 0.518. The Hall–Kier alpha value is -1.53. The highest BCUT2D eigenvalue weighted by atomic mass is 35.5. The van der Waals surface area contributed by atoms with E-state index in [1.54, 1.807) is 0 Å². The fourth-order valence-corrected chi connectivity index (χ4v) is 3.22. The van der Waals surface area contributed by atoms with E-state index in [-0.39, 0.29) is 42.9 Å². The number of hydrogen-bond donors (Lipinski definition) is 2. The van der Waals surface area contributed by atoms with Crippen LogP contribution in [0.25, 0.3) is 10.8 Å². The average molecular weight is 458 g/mol. The van der Waals surface area contributed by atoms with Gasteiger partial charge in [-0.15, -0.1) is 24.8 Å². The van der Waals surface area contributed by atoms with Gasteiger partial charge in [0.2, 0.25) is 0 Å². The van der Waals surface area contributed by atoms with E-state index in [9.17, 15) is 4.79 Å². The smallest absolute Gasteiger partial charge is 0.258 e. The molecule has 30 heavy (non-hydrogen) atoms. The number of halogens is 2. The Morgan fingerprint density at radius 1 is 1.03 bits per heavy atom. The second kappa shape index (κ2) is 13.7. The van der Waals surface area contributed by atoms with Gasteiger partial charge in [0, 0.05) is 30.7 Å². The van der Waals surface area contributed by atoms with Gasteiger partial charge in [-0.25, -0.2) is 0 Å². The Bertz CT molecular complexity index is 775.